The third-order valence-electron chi connectivity index (χ3n) is 1.12. The number of hydrogen-bond acceptors (Lipinski definition) is 4. The third-order valence-corrected chi connectivity index (χ3v) is 1.32. The van der Waals surface area contributed by atoms with Crippen LogP contribution in [0, 0.1) is 6.92 Å². The van der Waals surface area contributed by atoms with Crippen molar-refractivity contribution in [1.82, 2.24) is 10.2 Å². The van der Waals surface area contributed by atoms with Crippen LogP contribution in [0.15, 0.2) is 4.42 Å². The molecule has 0 aromatic carbocycles. The lowest BCUT2D eigenvalue weighted by Crippen LogP contribution is -2.20. The Morgan fingerprint density at radius 3 is 2.75 bits per heavy atom. The summed E-state index contributed by atoms with van der Waals surface area (Å²) in [4.78, 5) is 11.0. The number of aromatic nitrogens is 2. The summed E-state index contributed by atoms with van der Waals surface area (Å²) < 4.78 is 4.89. The van der Waals surface area contributed by atoms with Gasteiger partial charge in [0, 0.05) is 6.92 Å². The maximum absolute atomic E-state index is 11.0. The number of anilines is 1. The van der Waals surface area contributed by atoms with E-state index in [2.05, 4.69) is 15.5 Å². The summed E-state index contributed by atoms with van der Waals surface area (Å²) in [6.45, 7) is 3.19. The summed E-state index contributed by atoms with van der Waals surface area (Å²) in [6, 6.07) is 0.0741. The molecule has 1 N–H and O–H groups in total. The normalized spacial score (nSPS) is 12.6. The van der Waals surface area contributed by atoms with Gasteiger partial charge in [0.05, 0.1) is 0 Å². The Balaban J connectivity index is 2.58. The van der Waals surface area contributed by atoms with Crippen LogP contribution in [0.5, 0.6) is 0 Å². The standard InChI is InChI=1S/C6H8ClN3O2/c1-3(7)5(11)8-6-10-9-4(2)12-6/h3H,1-2H3,(H,8,10,11). The zero-order chi connectivity index (χ0) is 9.14. The summed E-state index contributed by atoms with van der Waals surface area (Å²) >= 11 is 5.48. The van der Waals surface area contributed by atoms with E-state index in [1.165, 1.54) is 0 Å². The molecule has 0 bridgehead atoms. The number of carbonyl (C=O) groups excluding carboxylic acids is 1. The molecule has 0 spiro atoms. The second-order valence-electron chi connectivity index (χ2n) is 2.23. The van der Waals surface area contributed by atoms with Gasteiger partial charge in [-0.3, -0.25) is 10.1 Å². The van der Waals surface area contributed by atoms with Crippen molar-refractivity contribution in [2.45, 2.75) is 19.2 Å². The molecule has 0 saturated carbocycles. The van der Waals surface area contributed by atoms with Crippen molar-refractivity contribution in [1.29, 1.82) is 0 Å². The first-order valence-electron chi connectivity index (χ1n) is 3.34. The van der Waals surface area contributed by atoms with Gasteiger partial charge in [0.2, 0.25) is 11.8 Å². The lowest BCUT2D eigenvalue weighted by atomic mass is 10.4. The smallest absolute Gasteiger partial charge is 0.322 e. The second-order valence-corrected chi connectivity index (χ2v) is 2.89. The first-order valence-corrected chi connectivity index (χ1v) is 3.78. The summed E-state index contributed by atoms with van der Waals surface area (Å²) in [6.07, 6.45) is 0. The second kappa shape index (κ2) is 3.53. The van der Waals surface area contributed by atoms with Crippen molar-refractivity contribution < 1.29 is 9.21 Å². The lowest BCUT2D eigenvalue weighted by Gasteiger charge is -1.99. The van der Waals surface area contributed by atoms with E-state index in [0.717, 1.165) is 0 Å². The van der Waals surface area contributed by atoms with Crippen LogP contribution in [-0.2, 0) is 4.79 Å². The highest BCUT2D eigenvalue weighted by Gasteiger charge is 2.12. The van der Waals surface area contributed by atoms with Crippen molar-refractivity contribution in [3.05, 3.63) is 5.89 Å². The number of rotatable bonds is 2. The first-order chi connectivity index (χ1) is 5.59. The molecule has 0 aliphatic heterocycles. The molecule has 0 radical (unpaired) electrons. The molecule has 1 rings (SSSR count). The Morgan fingerprint density at radius 2 is 2.33 bits per heavy atom. The molecule has 6 heteroatoms. The number of amides is 1. The van der Waals surface area contributed by atoms with Gasteiger partial charge in [-0.1, -0.05) is 5.10 Å². The number of carbonyl (C=O) groups is 1. The van der Waals surface area contributed by atoms with Gasteiger partial charge in [0.25, 0.3) is 0 Å². The fraction of sp³-hybridized carbons (Fsp3) is 0.500. The quantitative estimate of drug-likeness (QED) is 0.704. The lowest BCUT2D eigenvalue weighted by molar-refractivity contribution is -0.115. The van der Waals surface area contributed by atoms with Crippen molar-refractivity contribution in [3.63, 3.8) is 0 Å². The van der Waals surface area contributed by atoms with Crippen LogP contribution < -0.4 is 5.32 Å². The highest BCUT2D eigenvalue weighted by atomic mass is 35.5. The van der Waals surface area contributed by atoms with Crippen LogP contribution in [0.3, 0.4) is 0 Å². The Bertz CT molecular complexity index is 284. The fourth-order valence-electron chi connectivity index (χ4n) is 0.552. The van der Waals surface area contributed by atoms with Gasteiger partial charge in [-0.15, -0.1) is 16.7 Å². The van der Waals surface area contributed by atoms with E-state index in [1.807, 2.05) is 0 Å². The summed E-state index contributed by atoms with van der Waals surface area (Å²) in [5.41, 5.74) is 0. The largest absolute Gasteiger partial charge is 0.408 e. The number of nitrogens with one attached hydrogen (secondary N) is 1. The molecule has 0 aliphatic carbocycles. The molecule has 1 unspecified atom stereocenters. The minimum absolute atomic E-state index is 0.0741. The highest BCUT2D eigenvalue weighted by molar-refractivity contribution is 6.32. The molecule has 1 heterocycles. The number of alkyl halides is 1. The van der Waals surface area contributed by atoms with Gasteiger partial charge in [-0.25, -0.2) is 0 Å². The van der Waals surface area contributed by atoms with Crippen LogP contribution >= 0.6 is 11.6 Å². The van der Waals surface area contributed by atoms with E-state index in [1.54, 1.807) is 13.8 Å². The number of aryl methyl sites for hydroxylation is 1. The van der Waals surface area contributed by atoms with Crippen LogP contribution in [-0.4, -0.2) is 21.5 Å². The zero-order valence-corrected chi connectivity index (χ0v) is 7.42. The van der Waals surface area contributed by atoms with Crippen molar-refractivity contribution >= 4 is 23.5 Å². The first kappa shape index (κ1) is 8.99. The van der Waals surface area contributed by atoms with Gasteiger partial charge in [-0.2, -0.15) is 0 Å². The van der Waals surface area contributed by atoms with Crippen molar-refractivity contribution in [2.75, 3.05) is 5.32 Å². The van der Waals surface area contributed by atoms with Crippen LogP contribution in [0.4, 0.5) is 6.01 Å². The Kier molecular flexibility index (Phi) is 2.65. The molecule has 0 aliphatic rings. The van der Waals surface area contributed by atoms with Crippen LogP contribution in [0.25, 0.3) is 0 Å². The molecule has 5 nitrogen and oxygen atoms in total. The fourth-order valence-corrected chi connectivity index (χ4v) is 0.606. The molecular weight excluding hydrogens is 182 g/mol. The van der Waals surface area contributed by atoms with Gasteiger partial charge < -0.3 is 4.42 Å². The van der Waals surface area contributed by atoms with E-state index in [0.29, 0.717) is 5.89 Å². The highest BCUT2D eigenvalue weighted by Crippen LogP contribution is 2.05. The average molecular weight is 190 g/mol. The Morgan fingerprint density at radius 1 is 1.67 bits per heavy atom. The van der Waals surface area contributed by atoms with E-state index in [-0.39, 0.29) is 11.9 Å². The van der Waals surface area contributed by atoms with Gasteiger partial charge >= 0.3 is 6.01 Å². The van der Waals surface area contributed by atoms with Gasteiger partial charge in [0.15, 0.2) is 0 Å². The predicted molar refractivity (Wildman–Crippen MR) is 43.0 cm³/mol. The SMILES string of the molecule is Cc1nnc(NC(=O)C(C)Cl)o1. The zero-order valence-electron chi connectivity index (χ0n) is 6.67. The summed E-state index contributed by atoms with van der Waals surface area (Å²) in [5.74, 6) is 0.0350. The molecule has 1 amide bonds. The van der Waals surface area contributed by atoms with E-state index >= 15 is 0 Å². The topological polar surface area (TPSA) is 68.0 Å². The van der Waals surface area contributed by atoms with Crippen molar-refractivity contribution in [3.8, 4) is 0 Å². The maximum Gasteiger partial charge on any atom is 0.322 e. The molecule has 12 heavy (non-hydrogen) atoms. The number of halogens is 1. The summed E-state index contributed by atoms with van der Waals surface area (Å²) in [5, 5.41) is 8.82. The van der Waals surface area contributed by atoms with Gasteiger partial charge in [0.1, 0.15) is 5.38 Å². The molecule has 1 aromatic rings. The average Bonchev–Trinajstić information content (AvgIpc) is 2.35. The van der Waals surface area contributed by atoms with E-state index in [4.69, 9.17) is 16.0 Å². The molecule has 1 atom stereocenters. The number of hydrogen-bond donors (Lipinski definition) is 1. The van der Waals surface area contributed by atoms with E-state index < -0.39 is 5.38 Å². The monoisotopic (exact) mass is 189 g/mol. The molecule has 66 valence electrons. The summed E-state index contributed by atoms with van der Waals surface area (Å²) in [7, 11) is 0. The predicted octanol–water partition coefficient (Wildman–Crippen LogP) is 0.944. The minimum atomic E-state index is -0.614. The maximum atomic E-state index is 11.0. The van der Waals surface area contributed by atoms with Crippen LogP contribution in [0.2, 0.25) is 0 Å². The number of nitrogens with zero attached hydrogens (tertiary/aromatic N) is 2. The van der Waals surface area contributed by atoms with Crippen molar-refractivity contribution in [2.24, 2.45) is 0 Å². The minimum Gasteiger partial charge on any atom is -0.408 e. The van der Waals surface area contributed by atoms with Crippen LogP contribution in [0.1, 0.15) is 12.8 Å². The third kappa shape index (κ3) is 2.20. The van der Waals surface area contributed by atoms with E-state index in [9.17, 15) is 4.79 Å². The molecular formula is C6H8ClN3O2. The van der Waals surface area contributed by atoms with Gasteiger partial charge in [-0.05, 0) is 6.92 Å². The molecule has 0 fully saturated rings. The Hall–Kier alpha value is -1.10. The Labute approximate surface area is 74.1 Å². The molecule has 1 aromatic heterocycles. The molecule has 0 saturated heterocycles.